The third-order valence-corrected chi connectivity index (χ3v) is 3.30. The van der Waals surface area contributed by atoms with Crippen molar-refractivity contribution in [1.29, 1.82) is 0 Å². The van der Waals surface area contributed by atoms with Crippen LogP contribution in [0.3, 0.4) is 0 Å². The highest BCUT2D eigenvalue weighted by molar-refractivity contribution is 5.81. The molecule has 0 radical (unpaired) electrons. The monoisotopic (exact) mass is 264 g/mol. The van der Waals surface area contributed by atoms with Crippen molar-refractivity contribution in [2.24, 2.45) is 9.98 Å². The fraction of sp³-hybridized carbons (Fsp3) is 0.636. The highest BCUT2D eigenvalue weighted by Gasteiger charge is 2.37. The van der Waals surface area contributed by atoms with E-state index in [4.69, 9.17) is 0 Å². The maximum absolute atomic E-state index is 11.7. The maximum atomic E-state index is 11.7. The first-order valence-electron chi connectivity index (χ1n) is 5.90. The molecular weight excluding hydrogens is 252 g/mol. The standard InChI is InChI=1S/C11H12N4O4/c16-5-12-8-1-3-10(18)14(8)7-15-9(13-6-17)2-4-11(15)19/h8-9H,1-4,7H2/t8-,9-/m1/s1. The van der Waals surface area contributed by atoms with Crippen LogP contribution >= 0.6 is 0 Å². The van der Waals surface area contributed by atoms with Crippen LogP contribution in [-0.2, 0) is 19.2 Å². The zero-order valence-corrected chi connectivity index (χ0v) is 10.1. The maximum Gasteiger partial charge on any atom is 0.237 e. The van der Waals surface area contributed by atoms with E-state index in [-0.39, 0.29) is 31.3 Å². The topological polar surface area (TPSA) is 99.5 Å². The second-order valence-electron chi connectivity index (χ2n) is 4.35. The van der Waals surface area contributed by atoms with Gasteiger partial charge in [-0.2, -0.15) is 9.98 Å². The van der Waals surface area contributed by atoms with Crippen LogP contribution in [0.15, 0.2) is 9.98 Å². The van der Waals surface area contributed by atoms with Crippen molar-refractivity contribution in [1.82, 2.24) is 9.80 Å². The Morgan fingerprint density at radius 3 is 1.74 bits per heavy atom. The highest BCUT2D eigenvalue weighted by atomic mass is 16.2. The summed E-state index contributed by atoms with van der Waals surface area (Å²) >= 11 is 0. The quantitative estimate of drug-likeness (QED) is 0.505. The lowest BCUT2D eigenvalue weighted by molar-refractivity contribution is -0.137. The minimum absolute atomic E-state index is 0.0106. The van der Waals surface area contributed by atoms with E-state index >= 15 is 0 Å². The van der Waals surface area contributed by atoms with Crippen molar-refractivity contribution < 1.29 is 19.2 Å². The van der Waals surface area contributed by atoms with Crippen LogP contribution in [0.25, 0.3) is 0 Å². The van der Waals surface area contributed by atoms with E-state index in [9.17, 15) is 19.2 Å². The number of likely N-dealkylation sites (tertiary alicyclic amines) is 2. The zero-order chi connectivity index (χ0) is 13.8. The summed E-state index contributed by atoms with van der Waals surface area (Å²) in [5, 5.41) is 0. The van der Waals surface area contributed by atoms with Crippen LogP contribution in [0.2, 0.25) is 0 Å². The van der Waals surface area contributed by atoms with Gasteiger partial charge in [-0.3, -0.25) is 9.59 Å². The van der Waals surface area contributed by atoms with Crippen molar-refractivity contribution in [3.05, 3.63) is 0 Å². The molecule has 2 saturated heterocycles. The van der Waals surface area contributed by atoms with Gasteiger partial charge in [-0.15, -0.1) is 0 Å². The van der Waals surface area contributed by atoms with Gasteiger partial charge in [0.25, 0.3) is 0 Å². The molecule has 2 heterocycles. The van der Waals surface area contributed by atoms with E-state index in [0.29, 0.717) is 12.8 Å². The number of aliphatic imine (C=N–C) groups is 2. The second-order valence-corrected chi connectivity index (χ2v) is 4.35. The van der Waals surface area contributed by atoms with Gasteiger partial charge in [0.15, 0.2) is 0 Å². The third kappa shape index (κ3) is 2.59. The number of amides is 2. The lowest BCUT2D eigenvalue weighted by atomic mass is 10.3. The fourth-order valence-corrected chi connectivity index (χ4v) is 2.34. The smallest absolute Gasteiger partial charge is 0.237 e. The van der Waals surface area contributed by atoms with E-state index in [0.717, 1.165) is 0 Å². The molecule has 0 aromatic heterocycles. The summed E-state index contributed by atoms with van der Waals surface area (Å²) in [7, 11) is 0. The molecule has 8 nitrogen and oxygen atoms in total. The third-order valence-electron chi connectivity index (χ3n) is 3.30. The Morgan fingerprint density at radius 2 is 1.37 bits per heavy atom. The first kappa shape index (κ1) is 13.1. The van der Waals surface area contributed by atoms with Crippen LogP contribution in [0.5, 0.6) is 0 Å². The molecule has 0 unspecified atom stereocenters. The number of hydrogen-bond acceptors (Lipinski definition) is 6. The number of nitrogens with zero attached hydrogens (tertiary/aromatic N) is 4. The average molecular weight is 264 g/mol. The highest BCUT2D eigenvalue weighted by Crippen LogP contribution is 2.24. The van der Waals surface area contributed by atoms with Crippen molar-refractivity contribution in [3.63, 3.8) is 0 Å². The summed E-state index contributed by atoms with van der Waals surface area (Å²) in [6, 6.07) is 0. The van der Waals surface area contributed by atoms with Crippen molar-refractivity contribution in [3.8, 4) is 0 Å². The summed E-state index contributed by atoms with van der Waals surface area (Å²) in [6.07, 6.45) is 3.09. The van der Waals surface area contributed by atoms with Gasteiger partial charge in [0, 0.05) is 12.8 Å². The van der Waals surface area contributed by atoms with Gasteiger partial charge < -0.3 is 9.80 Å². The fourth-order valence-electron chi connectivity index (χ4n) is 2.34. The van der Waals surface area contributed by atoms with Crippen molar-refractivity contribution >= 4 is 24.0 Å². The molecule has 0 aliphatic carbocycles. The number of carbonyl (C=O) groups excluding carboxylic acids is 4. The molecule has 0 aromatic rings. The van der Waals surface area contributed by atoms with E-state index in [1.54, 1.807) is 0 Å². The summed E-state index contributed by atoms with van der Waals surface area (Å²) < 4.78 is 0. The van der Waals surface area contributed by atoms with Crippen LogP contribution in [-0.4, -0.2) is 52.8 Å². The van der Waals surface area contributed by atoms with Crippen LogP contribution < -0.4 is 0 Å². The van der Waals surface area contributed by atoms with Gasteiger partial charge in [-0.05, 0) is 12.8 Å². The normalized spacial score (nSPS) is 26.3. The van der Waals surface area contributed by atoms with Crippen molar-refractivity contribution in [2.45, 2.75) is 38.0 Å². The molecule has 0 N–H and O–H groups in total. The van der Waals surface area contributed by atoms with Crippen molar-refractivity contribution in [2.75, 3.05) is 6.67 Å². The largest absolute Gasteiger partial charge is 0.302 e. The van der Waals surface area contributed by atoms with Gasteiger partial charge in [0.1, 0.15) is 12.3 Å². The Labute approximate surface area is 108 Å². The molecule has 2 fully saturated rings. The number of carbonyl (C=O) groups is 2. The molecule has 2 rings (SSSR count). The molecule has 2 aliphatic rings. The molecule has 8 heteroatoms. The summed E-state index contributed by atoms with van der Waals surface area (Å²) in [6.45, 7) is -0.0106. The molecule has 19 heavy (non-hydrogen) atoms. The molecule has 0 aromatic carbocycles. The Hall–Kier alpha value is -2.30. The minimum Gasteiger partial charge on any atom is -0.302 e. The van der Waals surface area contributed by atoms with Crippen LogP contribution in [0.4, 0.5) is 0 Å². The Kier molecular flexibility index (Phi) is 3.85. The first-order chi connectivity index (χ1) is 9.17. The summed E-state index contributed by atoms with van der Waals surface area (Å²) in [5.74, 6) is -0.366. The average Bonchev–Trinajstić information content (AvgIpc) is 2.90. The number of hydrogen-bond donors (Lipinski definition) is 0. The van der Waals surface area contributed by atoms with Gasteiger partial charge >= 0.3 is 0 Å². The van der Waals surface area contributed by atoms with Crippen LogP contribution in [0.1, 0.15) is 25.7 Å². The SMILES string of the molecule is O=C=N[C@H]1CCC(=O)N1CN1C(=O)CC[C@@H]1N=C=O. The molecule has 2 aliphatic heterocycles. The van der Waals surface area contributed by atoms with Gasteiger partial charge in [-0.1, -0.05) is 0 Å². The predicted octanol–water partition coefficient (Wildman–Crippen LogP) is -0.488. The zero-order valence-electron chi connectivity index (χ0n) is 10.1. The predicted molar refractivity (Wildman–Crippen MR) is 60.8 cm³/mol. The molecular formula is C11H12N4O4. The molecule has 2 atom stereocenters. The summed E-state index contributed by atoms with van der Waals surface area (Å²) in [5.41, 5.74) is 0. The Balaban J connectivity index is 2.13. The number of rotatable bonds is 4. The molecule has 0 spiro atoms. The van der Waals surface area contributed by atoms with E-state index < -0.39 is 12.3 Å². The summed E-state index contributed by atoms with van der Waals surface area (Å²) in [4.78, 5) is 53.8. The van der Waals surface area contributed by atoms with Gasteiger partial charge in [0.2, 0.25) is 24.0 Å². The lowest BCUT2D eigenvalue weighted by Gasteiger charge is -2.28. The lowest BCUT2D eigenvalue weighted by Crippen LogP contribution is -2.45. The molecule has 100 valence electrons. The minimum atomic E-state index is -0.584. The van der Waals surface area contributed by atoms with E-state index in [1.807, 2.05) is 0 Å². The van der Waals surface area contributed by atoms with Gasteiger partial charge in [0.05, 0.1) is 6.67 Å². The van der Waals surface area contributed by atoms with E-state index in [2.05, 4.69) is 9.98 Å². The first-order valence-corrected chi connectivity index (χ1v) is 5.90. The molecule has 2 amide bonds. The Morgan fingerprint density at radius 1 is 0.947 bits per heavy atom. The molecule has 0 bridgehead atoms. The van der Waals surface area contributed by atoms with E-state index in [1.165, 1.54) is 22.0 Å². The number of isocyanates is 2. The Bertz CT molecular complexity index is 449. The molecule has 0 saturated carbocycles. The second kappa shape index (κ2) is 5.56. The van der Waals surface area contributed by atoms with Gasteiger partial charge in [-0.25, -0.2) is 9.59 Å². The van der Waals surface area contributed by atoms with Crippen LogP contribution in [0, 0.1) is 0 Å².